The van der Waals surface area contributed by atoms with Crippen molar-refractivity contribution in [3.8, 4) is 11.5 Å². The van der Waals surface area contributed by atoms with Crippen molar-refractivity contribution in [3.63, 3.8) is 0 Å². The van der Waals surface area contributed by atoms with Gasteiger partial charge >= 0.3 is 6.09 Å². The Hall–Kier alpha value is -3.76. The number of imide groups is 1. The van der Waals surface area contributed by atoms with E-state index >= 15 is 0 Å². The van der Waals surface area contributed by atoms with Crippen LogP contribution in [0.4, 0.5) is 10.5 Å². The minimum atomic E-state index is -1.20. The summed E-state index contributed by atoms with van der Waals surface area (Å²) in [5.74, 6) is -2.17. The van der Waals surface area contributed by atoms with Crippen LogP contribution in [0.15, 0.2) is 59.7 Å². The molecule has 2 aromatic carbocycles. The first-order valence-electron chi connectivity index (χ1n) is 12.4. The molecule has 2 aliphatic carbocycles. The molecule has 6 atom stereocenters. The van der Waals surface area contributed by atoms with E-state index in [0.29, 0.717) is 35.7 Å². The highest BCUT2D eigenvalue weighted by atomic mass is 16.5. The molecule has 5 rings (SSSR count). The number of nitrogens with one attached hydrogen (secondary N) is 1. The van der Waals surface area contributed by atoms with Gasteiger partial charge in [0, 0.05) is 30.0 Å². The lowest BCUT2D eigenvalue weighted by molar-refractivity contribution is -0.132. The van der Waals surface area contributed by atoms with E-state index in [0.717, 1.165) is 4.90 Å². The molecule has 37 heavy (non-hydrogen) atoms. The molecule has 194 valence electrons. The fraction of sp³-hybridized carbons (Fsp3) is 0.407. The third kappa shape index (κ3) is 4.70. The first kappa shape index (κ1) is 24.9. The van der Waals surface area contributed by atoms with E-state index in [1.165, 1.54) is 0 Å². The lowest BCUT2D eigenvalue weighted by atomic mass is 9.60. The highest BCUT2D eigenvalue weighted by molar-refractivity contribution is 6.22. The Kier molecular flexibility index (Phi) is 6.94. The second-order valence-corrected chi connectivity index (χ2v) is 9.52. The van der Waals surface area contributed by atoms with Gasteiger partial charge in [-0.15, -0.1) is 0 Å². The summed E-state index contributed by atoms with van der Waals surface area (Å²) < 4.78 is 10.7. The number of ether oxygens (including phenoxy) is 2. The van der Waals surface area contributed by atoms with Gasteiger partial charge in [-0.05, 0) is 44.0 Å². The summed E-state index contributed by atoms with van der Waals surface area (Å²) >= 11 is 0. The van der Waals surface area contributed by atoms with Crippen LogP contribution in [0.25, 0.3) is 0 Å². The van der Waals surface area contributed by atoms with Gasteiger partial charge in [0.05, 0.1) is 36.3 Å². The van der Waals surface area contributed by atoms with E-state index in [2.05, 4.69) is 10.5 Å². The zero-order chi connectivity index (χ0) is 26.1. The molecule has 0 aromatic heterocycles. The predicted molar refractivity (Wildman–Crippen MR) is 133 cm³/mol. The van der Waals surface area contributed by atoms with Crippen LogP contribution in [0, 0.1) is 23.7 Å². The molecule has 10 nitrogen and oxygen atoms in total. The highest BCUT2D eigenvalue weighted by Crippen LogP contribution is 2.50. The number of hydrogen-bond donors (Lipinski definition) is 3. The van der Waals surface area contributed by atoms with Gasteiger partial charge in [-0.3, -0.25) is 9.59 Å². The number of benzene rings is 2. The number of nitrogens with zero attached hydrogens (tertiary/aromatic N) is 2. The quantitative estimate of drug-likeness (QED) is 0.418. The van der Waals surface area contributed by atoms with Crippen molar-refractivity contribution in [1.82, 2.24) is 5.43 Å². The van der Waals surface area contributed by atoms with Crippen molar-refractivity contribution in [2.24, 2.45) is 28.8 Å². The number of carbonyl (C=O) groups is 3. The van der Waals surface area contributed by atoms with E-state index in [4.69, 9.17) is 9.47 Å². The van der Waals surface area contributed by atoms with Crippen LogP contribution >= 0.6 is 0 Å². The number of anilines is 1. The maximum atomic E-state index is 13.7. The standard InChI is InChI=1S/C27H29N3O7/c1-2-36-27(35)29-28-20-14-21(31)24(32)22-18(20)11-12-19-23(22)26(34)30(25(19)33)15-7-6-10-17(13-15)37-16-8-4-3-5-9-16/h3-10,13,18-19,21-24,31-32H,2,11-12,14H2,1H3,(H,29,35)/t18-,19-,21-,22+,23-,24-/m1/s1. The van der Waals surface area contributed by atoms with Gasteiger partial charge in [0.15, 0.2) is 0 Å². The van der Waals surface area contributed by atoms with Gasteiger partial charge in [-0.25, -0.2) is 15.1 Å². The maximum Gasteiger partial charge on any atom is 0.427 e. The lowest BCUT2D eigenvalue weighted by Crippen LogP contribution is -2.55. The summed E-state index contributed by atoms with van der Waals surface area (Å²) in [6.07, 6.45) is -2.14. The molecule has 3 fully saturated rings. The average Bonchev–Trinajstić information content (AvgIpc) is 3.15. The molecule has 1 saturated heterocycles. The second-order valence-electron chi connectivity index (χ2n) is 9.52. The number of amides is 3. The topological polar surface area (TPSA) is 138 Å². The summed E-state index contributed by atoms with van der Waals surface area (Å²) in [4.78, 5) is 40.1. The van der Waals surface area contributed by atoms with Crippen LogP contribution in [0.2, 0.25) is 0 Å². The first-order chi connectivity index (χ1) is 17.9. The third-order valence-corrected chi connectivity index (χ3v) is 7.40. The van der Waals surface area contributed by atoms with E-state index < -0.39 is 42.0 Å². The van der Waals surface area contributed by atoms with Gasteiger partial charge in [0.2, 0.25) is 11.8 Å². The molecular weight excluding hydrogens is 478 g/mol. The molecular formula is C27H29N3O7. The highest BCUT2D eigenvalue weighted by Gasteiger charge is 2.60. The number of rotatable bonds is 5. The van der Waals surface area contributed by atoms with Crippen molar-refractivity contribution in [1.29, 1.82) is 0 Å². The largest absolute Gasteiger partial charge is 0.457 e. The minimum Gasteiger partial charge on any atom is -0.457 e. The van der Waals surface area contributed by atoms with Crippen LogP contribution in [0.3, 0.4) is 0 Å². The van der Waals surface area contributed by atoms with Gasteiger partial charge in [0.1, 0.15) is 11.5 Å². The number of hydrazone groups is 1. The van der Waals surface area contributed by atoms with E-state index in [1.807, 2.05) is 18.2 Å². The monoisotopic (exact) mass is 507 g/mol. The van der Waals surface area contributed by atoms with Crippen molar-refractivity contribution < 1.29 is 34.1 Å². The van der Waals surface area contributed by atoms with E-state index in [9.17, 15) is 24.6 Å². The lowest BCUT2D eigenvalue weighted by Gasteiger charge is -2.45. The number of para-hydroxylation sites is 1. The molecule has 3 aliphatic rings. The average molecular weight is 508 g/mol. The predicted octanol–water partition coefficient (Wildman–Crippen LogP) is 2.84. The fourth-order valence-corrected chi connectivity index (χ4v) is 5.84. The molecule has 2 saturated carbocycles. The number of aliphatic hydroxyl groups excluding tert-OH is 2. The Balaban J connectivity index is 1.41. The number of aliphatic hydroxyl groups is 2. The Morgan fingerprint density at radius 1 is 1.03 bits per heavy atom. The summed E-state index contributed by atoms with van der Waals surface area (Å²) in [6, 6.07) is 15.9. The molecule has 0 unspecified atom stereocenters. The molecule has 1 aliphatic heterocycles. The van der Waals surface area contributed by atoms with Crippen LogP contribution in [-0.2, 0) is 14.3 Å². The summed E-state index contributed by atoms with van der Waals surface area (Å²) in [5.41, 5.74) is 3.19. The van der Waals surface area contributed by atoms with Crippen molar-refractivity contribution in [2.75, 3.05) is 11.5 Å². The molecule has 1 heterocycles. The van der Waals surface area contributed by atoms with Gasteiger partial charge in [-0.2, -0.15) is 5.10 Å². The minimum absolute atomic E-state index is 0.0524. The Morgan fingerprint density at radius 2 is 1.76 bits per heavy atom. The summed E-state index contributed by atoms with van der Waals surface area (Å²) in [5, 5.41) is 25.7. The number of carbonyl (C=O) groups excluding carboxylic acids is 3. The zero-order valence-electron chi connectivity index (χ0n) is 20.3. The summed E-state index contributed by atoms with van der Waals surface area (Å²) in [6.45, 7) is 1.85. The number of hydrogen-bond acceptors (Lipinski definition) is 8. The maximum absolute atomic E-state index is 13.7. The molecule has 0 radical (unpaired) electrons. The normalized spacial score (nSPS) is 30.0. The van der Waals surface area contributed by atoms with E-state index in [1.54, 1.807) is 43.3 Å². The first-order valence-corrected chi connectivity index (χ1v) is 12.4. The van der Waals surface area contributed by atoms with Crippen LogP contribution < -0.4 is 15.1 Å². The Labute approximate surface area is 213 Å². The van der Waals surface area contributed by atoms with Gasteiger partial charge in [0.25, 0.3) is 0 Å². The second kappa shape index (κ2) is 10.3. The fourth-order valence-electron chi connectivity index (χ4n) is 5.84. The smallest absolute Gasteiger partial charge is 0.427 e. The zero-order valence-corrected chi connectivity index (χ0v) is 20.3. The Bertz CT molecular complexity index is 1220. The van der Waals surface area contributed by atoms with Gasteiger partial charge in [-0.1, -0.05) is 24.3 Å². The number of fused-ring (bicyclic) bond motifs is 3. The van der Waals surface area contributed by atoms with Crippen LogP contribution in [-0.4, -0.2) is 52.6 Å². The molecule has 3 amide bonds. The third-order valence-electron chi connectivity index (χ3n) is 7.40. The van der Waals surface area contributed by atoms with Crippen LogP contribution in [0.1, 0.15) is 26.2 Å². The summed E-state index contributed by atoms with van der Waals surface area (Å²) in [7, 11) is 0. The SMILES string of the molecule is CCOC(=O)NN=C1C[C@@H](O)[C@@H](O)[C@@H]2[C@@H]3C(=O)N(c4cccc(Oc5ccccc5)c4)C(=O)[C@@H]3CC[C@H]12. The van der Waals surface area contributed by atoms with Crippen molar-refractivity contribution in [2.45, 2.75) is 38.4 Å². The van der Waals surface area contributed by atoms with E-state index in [-0.39, 0.29) is 24.9 Å². The molecule has 10 heteroatoms. The Morgan fingerprint density at radius 3 is 2.51 bits per heavy atom. The van der Waals surface area contributed by atoms with Gasteiger partial charge < -0.3 is 19.7 Å². The molecule has 3 N–H and O–H groups in total. The van der Waals surface area contributed by atoms with Crippen molar-refractivity contribution >= 4 is 29.3 Å². The van der Waals surface area contributed by atoms with Crippen LogP contribution in [0.5, 0.6) is 11.5 Å². The molecule has 0 bridgehead atoms. The molecule has 2 aromatic rings. The van der Waals surface area contributed by atoms with Crippen molar-refractivity contribution in [3.05, 3.63) is 54.6 Å². The molecule has 0 spiro atoms.